The second kappa shape index (κ2) is 6.16. The highest BCUT2D eigenvalue weighted by Gasteiger charge is 2.18. The predicted octanol–water partition coefficient (Wildman–Crippen LogP) is 0.759. The molecule has 0 unspecified atom stereocenters. The van der Waals surface area contributed by atoms with E-state index in [1.54, 1.807) is 0 Å². The van der Waals surface area contributed by atoms with Crippen molar-refractivity contribution in [2.45, 2.75) is 0 Å². The summed E-state index contributed by atoms with van der Waals surface area (Å²) in [6, 6.07) is 7.51. The van der Waals surface area contributed by atoms with Crippen molar-refractivity contribution in [1.82, 2.24) is 0 Å². The highest BCUT2D eigenvalue weighted by atomic mass is 32.3. The van der Waals surface area contributed by atoms with Crippen LogP contribution in [0.5, 0.6) is 0 Å². The highest BCUT2D eigenvalue weighted by molar-refractivity contribution is 7.81. The van der Waals surface area contributed by atoms with Crippen LogP contribution in [0.25, 0.3) is 10.8 Å². The molecule has 0 aliphatic heterocycles. The highest BCUT2D eigenvalue weighted by Crippen LogP contribution is 2.20. The zero-order valence-electron chi connectivity index (χ0n) is 11.4. The Balaban J connectivity index is 2.41. The topological polar surface area (TPSA) is 161 Å². The first-order valence-electron chi connectivity index (χ1n) is 5.91. The average Bonchev–Trinajstić information content (AvgIpc) is 2.42. The Kier molecular flexibility index (Phi) is 4.57. The van der Waals surface area contributed by atoms with E-state index in [4.69, 9.17) is 9.11 Å². The summed E-state index contributed by atoms with van der Waals surface area (Å²) in [4.78, 5) is 23.1. The van der Waals surface area contributed by atoms with Crippen molar-refractivity contribution < 1.29 is 43.9 Å². The Labute approximate surface area is 135 Å². The van der Waals surface area contributed by atoms with Crippen LogP contribution < -0.4 is 0 Å². The van der Waals surface area contributed by atoms with Crippen LogP contribution in [0.15, 0.2) is 36.4 Å². The summed E-state index contributed by atoms with van der Waals surface area (Å²) in [6.45, 7) is 0. The van der Waals surface area contributed by atoms with Gasteiger partial charge in [0.2, 0.25) is 0 Å². The van der Waals surface area contributed by atoms with Crippen molar-refractivity contribution in [2.24, 2.45) is 0 Å². The molecule has 0 saturated carbocycles. The molecule has 0 aromatic heterocycles. The molecular weight excluding hydrogens is 368 g/mol. The van der Waals surface area contributed by atoms with Gasteiger partial charge in [0.15, 0.2) is 0 Å². The van der Waals surface area contributed by atoms with Crippen molar-refractivity contribution >= 4 is 43.5 Å². The summed E-state index contributed by atoms with van der Waals surface area (Å²) < 4.78 is 66.7. The van der Waals surface area contributed by atoms with Crippen LogP contribution in [0.2, 0.25) is 0 Å². The fourth-order valence-electron chi connectivity index (χ4n) is 1.79. The van der Waals surface area contributed by atoms with E-state index in [9.17, 15) is 26.4 Å². The molecule has 0 saturated heterocycles. The van der Waals surface area contributed by atoms with Crippen LogP contribution in [-0.4, -0.2) is 37.9 Å². The van der Waals surface area contributed by atoms with Crippen LogP contribution in [0.1, 0.15) is 20.7 Å². The SMILES string of the molecule is O=C(OS(=O)(=O)O)c1ccc2ccc(C(=O)OS(=O)(=O)O)cc2c1. The largest absolute Gasteiger partial charge is 0.449 e. The lowest BCUT2D eigenvalue weighted by Gasteiger charge is -2.05. The Morgan fingerprint density at radius 2 is 1.08 bits per heavy atom. The molecule has 0 atom stereocenters. The Hall–Kier alpha value is -2.54. The van der Waals surface area contributed by atoms with Crippen molar-refractivity contribution in [3.8, 4) is 0 Å². The lowest BCUT2D eigenvalue weighted by molar-refractivity contribution is 0.0715. The standard InChI is InChI=1S/C12H8O10S2/c13-11(21-23(15,16)17)8-3-1-7-2-4-9(6-10(7)5-8)12(14)22-24(18,19)20/h1-6H,(H,15,16,17)(H,18,19,20). The number of fused-ring (bicyclic) bond motifs is 1. The number of carbonyl (C=O) groups excluding carboxylic acids is 2. The van der Waals surface area contributed by atoms with Crippen molar-refractivity contribution in [1.29, 1.82) is 0 Å². The van der Waals surface area contributed by atoms with Gasteiger partial charge in [-0.05, 0) is 35.0 Å². The number of carbonyl (C=O) groups is 2. The Morgan fingerprint density at radius 1 is 0.708 bits per heavy atom. The molecule has 2 N–H and O–H groups in total. The van der Waals surface area contributed by atoms with Crippen LogP contribution >= 0.6 is 0 Å². The number of hydrogen-bond acceptors (Lipinski definition) is 8. The summed E-state index contributed by atoms with van der Waals surface area (Å²) in [5.41, 5.74) is -0.499. The zero-order chi connectivity index (χ0) is 18.1. The molecule has 12 heteroatoms. The van der Waals surface area contributed by atoms with Gasteiger partial charge in [0, 0.05) is 0 Å². The van der Waals surface area contributed by atoms with Crippen LogP contribution in [-0.2, 0) is 29.2 Å². The van der Waals surface area contributed by atoms with Gasteiger partial charge < -0.3 is 8.37 Å². The minimum Gasteiger partial charge on any atom is -0.320 e. The van der Waals surface area contributed by atoms with Gasteiger partial charge in [-0.3, -0.25) is 9.11 Å². The second-order valence-corrected chi connectivity index (χ2v) is 6.42. The first kappa shape index (κ1) is 17.8. The van der Waals surface area contributed by atoms with E-state index in [0.29, 0.717) is 5.39 Å². The summed E-state index contributed by atoms with van der Waals surface area (Å²) in [5, 5.41) is 0.756. The fourth-order valence-corrected chi connectivity index (χ4v) is 2.36. The molecule has 0 bridgehead atoms. The molecule has 24 heavy (non-hydrogen) atoms. The third kappa shape index (κ3) is 4.73. The summed E-state index contributed by atoms with van der Waals surface area (Å²) >= 11 is 0. The van der Waals surface area contributed by atoms with Crippen molar-refractivity contribution in [3.63, 3.8) is 0 Å². The summed E-state index contributed by atoms with van der Waals surface area (Å²) in [5.74, 6) is -2.71. The predicted molar refractivity (Wildman–Crippen MR) is 77.9 cm³/mol. The third-order valence-electron chi connectivity index (χ3n) is 2.67. The molecule has 0 aliphatic rings. The molecule has 0 spiro atoms. The summed E-state index contributed by atoms with van der Waals surface area (Å²) in [7, 11) is -9.97. The second-order valence-electron chi connectivity index (χ2n) is 4.37. The van der Waals surface area contributed by atoms with Gasteiger partial charge in [0.25, 0.3) is 0 Å². The number of hydrogen-bond donors (Lipinski definition) is 2. The van der Waals surface area contributed by atoms with E-state index >= 15 is 0 Å². The van der Waals surface area contributed by atoms with E-state index in [0.717, 1.165) is 12.1 Å². The van der Waals surface area contributed by atoms with E-state index in [2.05, 4.69) is 8.37 Å². The molecule has 10 nitrogen and oxygen atoms in total. The lowest BCUT2D eigenvalue weighted by Crippen LogP contribution is -2.12. The van der Waals surface area contributed by atoms with Gasteiger partial charge in [0.05, 0.1) is 11.1 Å². The molecule has 0 radical (unpaired) electrons. The smallest absolute Gasteiger partial charge is 0.320 e. The first-order valence-corrected chi connectivity index (χ1v) is 8.64. The monoisotopic (exact) mass is 376 g/mol. The molecule has 2 aromatic carbocycles. The normalized spacial score (nSPS) is 11.9. The van der Waals surface area contributed by atoms with Gasteiger partial charge in [-0.25, -0.2) is 9.59 Å². The Bertz CT molecular complexity index is 956. The minimum atomic E-state index is -4.98. The molecule has 2 aromatic rings. The maximum Gasteiger partial charge on any atom is 0.449 e. The molecular formula is C12H8O10S2. The molecule has 128 valence electrons. The van der Waals surface area contributed by atoms with Gasteiger partial charge in [0.1, 0.15) is 0 Å². The molecule has 0 aliphatic carbocycles. The van der Waals surface area contributed by atoms with Gasteiger partial charge in [-0.2, -0.15) is 16.8 Å². The molecule has 2 rings (SSSR count). The number of rotatable bonds is 4. The maximum absolute atomic E-state index is 11.5. The maximum atomic E-state index is 11.5. The molecule has 0 amide bonds. The first-order chi connectivity index (χ1) is 10.9. The van der Waals surface area contributed by atoms with Gasteiger partial charge >= 0.3 is 32.7 Å². The Morgan fingerprint density at radius 3 is 1.42 bits per heavy atom. The van der Waals surface area contributed by atoms with Crippen molar-refractivity contribution in [2.75, 3.05) is 0 Å². The quantitative estimate of drug-likeness (QED) is 0.728. The molecule has 0 fully saturated rings. The van der Waals surface area contributed by atoms with Crippen LogP contribution in [0.3, 0.4) is 0 Å². The van der Waals surface area contributed by atoms with Crippen LogP contribution in [0, 0.1) is 0 Å². The third-order valence-corrected chi connectivity index (χ3v) is 3.40. The lowest BCUT2D eigenvalue weighted by atomic mass is 10.0. The number of benzene rings is 2. The van der Waals surface area contributed by atoms with E-state index in [1.165, 1.54) is 24.3 Å². The minimum absolute atomic E-state index is 0.240. The summed E-state index contributed by atoms with van der Waals surface area (Å²) in [6.07, 6.45) is 0. The van der Waals surface area contributed by atoms with E-state index < -0.39 is 32.7 Å². The zero-order valence-corrected chi connectivity index (χ0v) is 13.1. The fraction of sp³-hybridized carbons (Fsp3) is 0. The van der Waals surface area contributed by atoms with Crippen LogP contribution in [0.4, 0.5) is 0 Å². The van der Waals surface area contributed by atoms with E-state index in [-0.39, 0.29) is 16.5 Å². The van der Waals surface area contributed by atoms with Gasteiger partial charge in [-0.15, -0.1) is 0 Å². The van der Waals surface area contributed by atoms with Crippen molar-refractivity contribution in [3.05, 3.63) is 47.5 Å². The average molecular weight is 376 g/mol. The van der Waals surface area contributed by atoms with E-state index in [1.807, 2.05) is 0 Å². The molecule has 0 heterocycles. The van der Waals surface area contributed by atoms with Gasteiger partial charge in [-0.1, -0.05) is 12.1 Å².